The number of rotatable bonds is 4. The second kappa shape index (κ2) is 6.53. The summed E-state index contributed by atoms with van der Waals surface area (Å²) in [6.07, 6.45) is 6.74. The van der Waals surface area contributed by atoms with Gasteiger partial charge in [0.25, 0.3) is 0 Å². The Kier molecular flexibility index (Phi) is 5.01. The molecule has 2 N–H and O–H groups in total. The molecule has 1 aliphatic carbocycles. The number of aliphatic hydroxyl groups is 1. The predicted molar refractivity (Wildman–Crippen MR) is 73.4 cm³/mol. The lowest BCUT2D eigenvalue weighted by Crippen LogP contribution is -2.38. The Morgan fingerprint density at radius 1 is 1.35 bits per heavy atom. The molecular formula is C14H23NOS. The molecule has 2 unspecified atom stereocenters. The molecule has 0 radical (unpaired) electrons. The highest BCUT2D eigenvalue weighted by Crippen LogP contribution is 2.21. The van der Waals surface area contributed by atoms with Crippen LogP contribution in [0.15, 0.2) is 11.4 Å². The molecule has 17 heavy (non-hydrogen) atoms. The number of hydrogen-bond acceptors (Lipinski definition) is 3. The molecule has 1 heterocycles. The highest BCUT2D eigenvalue weighted by atomic mass is 32.1. The van der Waals surface area contributed by atoms with Crippen LogP contribution in [-0.2, 0) is 13.0 Å². The van der Waals surface area contributed by atoms with E-state index in [0.29, 0.717) is 6.04 Å². The fraction of sp³-hybridized carbons (Fsp3) is 0.714. The Labute approximate surface area is 108 Å². The Bertz CT molecular complexity index is 337. The van der Waals surface area contributed by atoms with Crippen LogP contribution in [0.25, 0.3) is 0 Å². The molecule has 1 fully saturated rings. The molecule has 1 aromatic rings. The summed E-state index contributed by atoms with van der Waals surface area (Å²) in [5.41, 5.74) is 1.45. The highest BCUT2D eigenvalue weighted by molar-refractivity contribution is 7.10. The van der Waals surface area contributed by atoms with Crippen LogP contribution in [-0.4, -0.2) is 17.3 Å². The summed E-state index contributed by atoms with van der Waals surface area (Å²) in [6, 6.07) is 2.51. The van der Waals surface area contributed by atoms with E-state index in [4.69, 9.17) is 0 Å². The van der Waals surface area contributed by atoms with Crippen molar-refractivity contribution in [3.05, 3.63) is 21.9 Å². The van der Waals surface area contributed by atoms with Gasteiger partial charge >= 0.3 is 0 Å². The van der Waals surface area contributed by atoms with Crippen molar-refractivity contribution in [3.8, 4) is 0 Å². The molecule has 0 amide bonds. The van der Waals surface area contributed by atoms with E-state index >= 15 is 0 Å². The molecule has 1 aromatic heterocycles. The average molecular weight is 253 g/mol. The van der Waals surface area contributed by atoms with Crippen molar-refractivity contribution in [2.45, 2.75) is 64.1 Å². The first-order valence-electron chi connectivity index (χ1n) is 6.78. The summed E-state index contributed by atoms with van der Waals surface area (Å²) in [5.74, 6) is 0. The fourth-order valence-corrected chi connectivity index (χ4v) is 3.51. The van der Waals surface area contributed by atoms with Crippen LogP contribution < -0.4 is 5.32 Å². The van der Waals surface area contributed by atoms with Crippen molar-refractivity contribution in [2.75, 3.05) is 0 Å². The monoisotopic (exact) mass is 253 g/mol. The molecule has 0 aliphatic heterocycles. The quantitative estimate of drug-likeness (QED) is 0.808. The summed E-state index contributed by atoms with van der Waals surface area (Å²) >= 11 is 1.83. The van der Waals surface area contributed by atoms with Crippen LogP contribution in [0.2, 0.25) is 0 Å². The normalized spacial score (nSPS) is 25.8. The third-order valence-electron chi connectivity index (χ3n) is 3.72. The third-order valence-corrected chi connectivity index (χ3v) is 4.69. The molecule has 0 saturated heterocycles. The molecular weight excluding hydrogens is 230 g/mol. The van der Waals surface area contributed by atoms with Gasteiger partial charge < -0.3 is 10.4 Å². The predicted octanol–water partition coefficient (Wildman–Crippen LogP) is 3.09. The molecule has 0 bridgehead atoms. The number of aliphatic hydroxyl groups excluding tert-OH is 1. The lowest BCUT2D eigenvalue weighted by atomic mass is 10.1. The van der Waals surface area contributed by atoms with Crippen molar-refractivity contribution in [2.24, 2.45) is 0 Å². The minimum Gasteiger partial charge on any atom is -0.392 e. The number of hydrogen-bond donors (Lipinski definition) is 2. The van der Waals surface area contributed by atoms with E-state index in [1.807, 2.05) is 11.3 Å². The maximum absolute atomic E-state index is 10.0. The van der Waals surface area contributed by atoms with Crippen LogP contribution >= 0.6 is 11.3 Å². The van der Waals surface area contributed by atoms with Gasteiger partial charge in [0, 0.05) is 17.5 Å². The maximum atomic E-state index is 10.0. The Morgan fingerprint density at radius 3 is 3.00 bits per heavy atom. The molecule has 3 heteroatoms. The van der Waals surface area contributed by atoms with Gasteiger partial charge in [0.05, 0.1) is 6.10 Å². The Balaban J connectivity index is 1.88. The van der Waals surface area contributed by atoms with Crippen LogP contribution in [0.4, 0.5) is 0 Å². The van der Waals surface area contributed by atoms with Gasteiger partial charge in [0.1, 0.15) is 0 Å². The summed E-state index contributed by atoms with van der Waals surface area (Å²) in [4.78, 5) is 1.43. The summed E-state index contributed by atoms with van der Waals surface area (Å²) in [6.45, 7) is 3.12. The molecule has 2 rings (SSSR count). The van der Waals surface area contributed by atoms with Crippen molar-refractivity contribution >= 4 is 11.3 Å². The lowest BCUT2D eigenvalue weighted by Gasteiger charge is -2.21. The Morgan fingerprint density at radius 2 is 2.18 bits per heavy atom. The summed E-state index contributed by atoms with van der Waals surface area (Å²) < 4.78 is 0. The van der Waals surface area contributed by atoms with Gasteiger partial charge in [-0.3, -0.25) is 0 Å². The van der Waals surface area contributed by atoms with Crippen LogP contribution in [0.1, 0.15) is 49.5 Å². The van der Waals surface area contributed by atoms with E-state index in [0.717, 1.165) is 25.8 Å². The molecule has 0 spiro atoms. The molecule has 2 nitrogen and oxygen atoms in total. The zero-order valence-corrected chi connectivity index (χ0v) is 11.4. The second-order valence-electron chi connectivity index (χ2n) is 4.92. The van der Waals surface area contributed by atoms with Gasteiger partial charge in [-0.05, 0) is 36.3 Å². The first kappa shape index (κ1) is 13.1. The van der Waals surface area contributed by atoms with Crippen molar-refractivity contribution < 1.29 is 5.11 Å². The van der Waals surface area contributed by atoms with Crippen LogP contribution in [0, 0.1) is 0 Å². The zero-order valence-electron chi connectivity index (χ0n) is 10.6. The highest BCUT2D eigenvalue weighted by Gasteiger charge is 2.21. The minimum absolute atomic E-state index is 0.150. The van der Waals surface area contributed by atoms with E-state index in [-0.39, 0.29) is 6.10 Å². The number of nitrogens with one attached hydrogen (secondary N) is 1. The van der Waals surface area contributed by atoms with Crippen LogP contribution in [0.3, 0.4) is 0 Å². The topological polar surface area (TPSA) is 32.3 Å². The van der Waals surface area contributed by atoms with E-state index in [9.17, 15) is 5.11 Å². The first-order chi connectivity index (χ1) is 8.31. The van der Waals surface area contributed by atoms with Gasteiger partial charge in [-0.2, -0.15) is 0 Å². The number of aryl methyl sites for hydroxylation is 1. The van der Waals surface area contributed by atoms with Gasteiger partial charge in [0.15, 0.2) is 0 Å². The maximum Gasteiger partial charge on any atom is 0.0693 e. The molecule has 96 valence electrons. The van der Waals surface area contributed by atoms with Gasteiger partial charge in [0.2, 0.25) is 0 Å². The largest absolute Gasteiger partial charge is 0.392 e. The van der Waals surface area contributed by atoms with Gasteiger partial charge in [-0.25, -0.2) is 0 Å². The first-order valence-corrected chi connectivity index (χ1v) is 7.66. The van der Waals surface area contributed by atoms with Crippen molar-refractivity contribution in [1.82, 2.24) is 5.32 Å². The van der Waals surface area contributed by atoms with Gasteiger partial charge in [-0.15, -0.1) is 11.3 Å². The van der Waals surface area contributed by atoms with E-state index < -0.39 is 0 Å². The standard InChI is InChI=1S/C14H23NOS/c1-2-11-8-9-17-14(11)10-15-12-6-4-3-5-7-13(12)16/h8-9,12-13,15-16H,2-7,10H2,1H3. The van der Waals surface area contributed by atoms with Crippen molar-refractivity contribution in [3.63, 3.8) is 0 Å². The average Bonchev–Trinajstić information content (AvgIpc) is 2.70. The van der Waals surface area contributed by atoms with Crippen molar-refractivity contribution in [1.29, 1.82) is 0 Å². The van der Waals surface area contributed by atoms with E-state index in [2.05, 4.69) is 23.7 Å². The molecule has 1 saturated carbocycles. The molecule has 0 aromatic carbocycles. The lowest BCUT2D eigenvalue weighted by molar-refractivity contribution is 0.119. The van der Waals surface area contributed by atoms with Crippen LogP contribution in [0.5, 0.6) is 0 Å². The van der Waals surface area contributed by atoms with Gasteiger partial charge in [-0.1, -0.05) is 26.2 Å². The minimum atomic E-state index is -0.150. The second-order valence-corrected chi connectivity index (χ2v) is 5.92. The third kappa shape index (κ3) is 3.54. The molecule has 2 atom stereocenters. The smallest absolute Gasteiger partial charge is 0.0693 e. The Hall–Kier alpha value is -0.380. The van der Waals surface area contributed by atoms with E-state index in [1.54, 1.807) is 0 Å². The number of thiophene rings is 1. The van der Waals surface area contributed by atoms with E-state index in [1.165, 1.54) is 29.7 Å². The molecule has 1 aliphatic rings. The zero-order chi connectivity index (χ0) is 12.1. The fourth-order valence-electron chi connectivity index (χ4n) is 2.59. The summed E-state index contributed by atoms with van der Waals surface area (Å²) in [7, 11) is 0. The summed E-state index contributed by atoms with van der Waals surface area (Å²) in [5, 5.41) is 15.8. The SMILES string of the molecule is CCc1ccsc1CNC1CCCCCC1O.